The molecule has 26 heavy (non-hydrogen) atoms. The van der Waals surface area contributed by atoms with Crippen LogP contribution in [0.2, 0.25) is 0 Å². The van der Waals surface area contributed by atoms with Gasteiger partial charge >= 0.3 is 0 Å². The maximum Gasteiger partial charge on any atom is 0.238 e. The highest BCUT2D eigenvalue weighted by atomic mass is 32.2. The summed E-state index contributed by atoms with van der Waals surface area (Å²) in [6.07, 6.45) is 0. The maximum absolute atomic E-state index is 12.7. The predicted octanol–water partition coefficient (Wildman–Crippen LogP) is 5.19. The molecule has 0 bridgehead atoms. The zero-order valence-corrected chi connectivity index (χ0v) is 16.7. The number of fused-ring (bicyclic) bond motifs is 2. The van der Waals surface area contributed by atoms with Crippen LogP contribution in [0.1, 0.15) is 11.9 Å². The van der Waals surface area contributed by atoms with Crippen molar-refractivity contribution in [2.45, 2.75) is 12.7 Å². The Labute approximate surface area is 163 Å². The highest BCUT2D eigenvalue weighted by Gasteiger charge is 2.18. The molecule has 0 N–H and O–H groups in total. The molecule has 1 amide bonds. The van der Waals surface area contributed by atoms with E-state index in [-0.39, 0.29) is 5.91 Å². The van der Waals surface area contributed by atoms with Gasteiger partial charge in [-0.25, -0.2) is 9.97 Å². The van der Waals surface area contributed by atoms with Crippen LogP contribution in [-0.2, 0) is 10.5 Å². The number of hydrogen-bond donors (Lipinski definition) is 0. The number of amides is 1. The highest BCUT2D eigenvalue weighted by Crippen LogP contribution is 2.29. The molecule has 0 aliphatic rings. The lowest BCUT2D eigenvalue weighted by atomic mass is 10.3. The van der Waals surface area contributed by atoms with Crippen LogP contribution >= 0.6 is 34.4 Å². The van der Waals surface area contributed by atoms with E-state index in [1.165, 1.54) is 4.70 Å². The van der Waals surface area contributed by atoms with Crippen molar-refractivity contribution in [3.63, 3.8) is 0 Å². The Bertz CT molecular complexity index is 990. The number of anilines is 1. The summed E-state index contributed by atoms with van der Waals surface area (Å²) >= 11 is 4.87. The summed E-state index contributed by atoms with van der Waals surface area (Å²) in [5.74, 6) is 1.28. The monoisotopic (exact) mass is 399 g/mol. The Balaban J connectivity index is 1.41. The second-order valence-corrected chi connectivity index (χ2v) is 8.78. The van der Waals surface area contributed by atoms with Crippen molar-refractivity contribution in [2.24, 2.45) is 0 Å². The first-order valence-electron chi connectivity index (χ1n) is 8.32. The zero-order chi connectivity index (χ0) is 17.9. The van der Waals surface area contributed by atoms with Crippen LogP contribution in [0.15, 0.2) is 48.5 Å². The smallest absolute Gasteiger partial charge is 0.238 e. The first-order valence-corrected chi connectivity index (χ1v) is 11.1. The van der Waals surface area contributed by atoms with Gasteiger partial charge < -0.3 is 0 Å². The average molecular weight is 400 g/mol. The van der Waals surface area contributed by atoms with Gasteiger partial charge in [0.2, 0.25) is 5.91 Å². The zero-order valence-electron chi connectivity index (χ0n) is 14.2. The molecule has 2 aromatic heterocycles. The summed E-state index contributed by atoms with van der Waals surface area (Å²) in [5, 5.41) is 1.84. The normalized spacial score (nSPS) is 11.3. The number of thiazole rings is 2. The lowest BCUT2D eigenvalue weighted by Crippen LogP contribution is -2.32. The van der Waals surface area contributed by atoms with Gasteiger partial charge in [-0.15, -0.1) is 23.1 Å². The molecule has 0 fully saturated rings. The summed E-state index contributed by atoms with van der Waals surface area (Å²) in [5.41, 5.74) is 1.98. The number of aromatic nitrogens is 2. The van der Waals surface area contributed by atoms with Gasteiger partial charge in [0, 0.05) is 12.3 Å². The van der Waals surface area contributed by atoms with Gasteiger partial charge in [-0.1, -0.05) is 35.6 Å². The fourth-order valence-electron chi connectivity index (χ4n) is 2.68. The minimum absolute atomic E-state index is 0.0951. The number of hydrogen-bond acceptors (Lipinski definition) is 6. The molecule has 0 unspecified atom stereocenters. The summed E-state index contributed by atoms with van der Waals surface area (Å²) in [6.45, 7) is 2.61. The topological polar surface area (TPSA) is 46.1 Å². The van der Waals surface area contributed by atoms with Gasteiger partial charge in [0.05, 0.1) is 26.2 Å². The van der Waals surface area contributed by atoms with Gasteiger partial charge in [-0.05, 0) is 31.2 Å². The molecule has 0 aliphatic heterocycles. The largest absolute Gasteiger partial charge is 0.288 e. The number of thioether (sulfide) groups is 1. The summed E-state index contributed by atoms with van der Waals surface area (Å²) in [4.78, 5) is 23.7. The SMILES string of the molecule is CCN(C(=O)CSCc1nc2ccccc2s1)c1nc2ccccc2s1. The molecule has 0 saturated carbocycles. The van der Waals surface area contributed by atoms with Gasteiger partial charge in [-0.2, -0.15) is 0 Å². The molecule has 2 aromatic carbocycles. The van der Waals surface area contributed by atoms with Gasteiger partial charge in [0.15, 0.2) is 5.13 Å². The molecule has 4 rings (SSSR count). The first kappa shape index (κ1) is 17.5. The maximum atomic E-state index is 12.7. The number of nitrogens with zero attached hydrogens (tertiary/aromatic N) is 3. The quantitative estimate of drug-likeness (QED) is 0.447. The van der Waals surface area contributed by atoms with Crippen molar-refractivity contribution in [3.05, 3.63) is 53.5 Å². The van der Waals surface area contributed by atoms with Crippen LogP contribution in [0.3, 0.4) is 0 Å². The Morgan fingerprint density at radius 3 is 2.31 bits per heavy atom. The number of carbonyl (C=O) groups excluding carboxylic acids is 1. The third-order valence-corrected chi connectivity index (χ3v) is 7.13. The molecule has 0 saturated heterocycles. The molecule has 4 nitrogen and oxygen atoms in total. The second-order valence-electron chi connectivity index (χ2n) is 5.67. The fraction of sp³-hybridized carbons (Fsp3) is 0.211. The Kier molecular flexibility index (Phi) is 5.19. The number of para-hydroxylation sites is 2. The van der Waals surface area contributed by atoms with Crippen molar-refractivity contribution < 1.29 is 4.79 Å². The second kappa shape index (κ2) is 7.73. The van der Waals surface area contributed by atoms with E-state index >= 15 is 0 Å². The lowest BCUT2D eigenvalue weighted by Gasteiger charge is -2.17. The van der Waals surface area contributed by atoms with E-state index in [1.807, 2.05) is 49.4 Å². The van der Waals surface area contributed by atoms with Crippen molar-refractivity contribution in [1.29, 1.82) is 0 Å². The number of rotatable bonds is 6. The predicted molar refractivity (Wildman–Crippen MR) is 113 cm³/mol. The third-order valence-electron chi connectivity index (χ3n) is 3.92. The molecule has 0 aliphatic carbocycles. The molecule has 132 valence electrons. The van der Waals surface area contributed by atoms with Crippen molar-refractivity contribution in [2.75, 3.05) is 17.2 Å². The first-order chi connectivity index (χ1) is 12.7. The fourth-order valence-corrected chi connectivity index (χ4v) is 5.65. The van der Waals surface area contributed by atoms with E-state index in [0.717, 1.165) is 31.6 Å². The molecule has 0 radical (unpaired) electrons. The molecule has 0 atom stereocenters. The van der Waals surface area contributed by atoms with Crippen molar-refractivity contribution >= 4 is 65.9 Å². The van der Waals surface area contributed by atoms with E-state index in [2.05, 4.69) is 16.0 Å². The van der Waals surface area contributed by atoms with Crippen LogP contribution in [0.25, 0.3) is 20.4 Å². The molecule has 0 spiro atoms. The minimum atomic E-state index is 0.0951. The minimum Gasteiger partial charge on any atom is -0.288 e. The van der Waals surface area contributed by atoms with E-state index < -0.39 is 0 Å². The van der Waals surface area contributed by atoms with E-state index in [4.69, 9.17) is 0 Å². The van der Waals surface area contributed by atoms with E-state index in [0.29, 0.717) is 12.3 Å². The van der Waals surface area contributed by atoms with Crippen LogP contribution in [0, 0.1) is 0 Å². The van der Waals surface area contributed by atoms with Crippen LogP contribution in [0.5, 0.6) is 0 Å². The highest BCUT2D eigenvalue weighted by molar-refractivity contribution is 7.99. The van der Waals surface area contributed by atoms with Crippen LogP contribution in [0.4, 0.5) is 5.13 Å². The molecular weight excluding hydrogens is 382 g/mol. The average Bonchev–Trinajstić information content (AvgIpc) is 3.25. The third kappa shape index (κ3) is 3.60. The summed E-state index contributed by atoms with van der Waals surface area (Å²) < 4.78 is 2.30. The number of carbonyl (C=O) groups is 1. The summed E-state index contributed by atoms with van der Waals surface area (Å²) in [6, 6.07) is 16.1. The van der Waals surface area contributed by atoms with Gasteiger partial charge in [0.1, 0.15) is 5.01 Å². The molecule has 2 heterocycles. The van der Waals surface area contributed by atoms with E-state index in [9.17, 15) is 4.79 Å². The Morgan fingerprint density at radius 2 is 1.65 bits per heavy atom. The van der Waals surface area contributed by atoms with Crippen molar-refractivity contribution in [1.82, 2.24) is 9.97 Å². The number of benzene rings is 2. The Hall–Kier alpha value is -1.96. The summed E-state index contributed by atoms with van der Waals surface area (Å²) in [7, 11) is 0. The van der Waals surface area contributed by atoms with Crippen LogP contribution in [-0.4, -0.2) is 28.2 Å². The standard InChI is InChI=1S/C19H17N3OS3/c1-2-22(19-21-14-8-4-6-10-16(14)26-19)18(23)12-24-11-17-20-13-7-3-5-9-15(13)25-17/h3-10H,2,11-12H2,1H3. The Morgan fingerprint density at radius 1 is 1.00 bits per heavy atom. The van der Waals surface area contributed by atoms with Crippen molar-refractivity contribution in [3.8, 4) is 0 Å². The molecule has 7 heteroatoms. The van der Waals surface area contributed by atoms with Gasteiger partial charge in [0.25, 0.3) is 0 Å². The molecular formula is C19H17N3OS3. The molecule has 4 aromatic rings. The van der Waals surface area contributed by atoms with E-state index in [1.54, 1.807) is 39.3 Å². The van der Waals surface area contributed by atoms with Crippen LogP contribution < -0.4 is 4.90 Å². The van der Waals surface area contributed by atoms with Gasteiger partial charge in [-0.3, -0.25) is 9.69 Å². The lowest BCUT2D eigenvalue weighted by molar-refractivity contribution is -0.116.